The van der Waals surface area contributed by atoms with Crippen molar-refractivity contribution in [3.8, 4) is 22.8 Å². The van der Waals surface area contributed by atoms with Crippen molar-refractivity contribution in [3.63, 3.8) is 0 Å². The molecule has 0 radical (unpaired) electrons. The molecule has 30 heavy (non-hydrogen) atoms. The lowest BCUT2D eigenvalue weighted by molar-refractivity contribution is -0.257. The number of ether oxygens (including phenoxy) is 2. The van der Waals surface area contributed by atoms with E-state index in [0.29, 0.717) is 28.5 Å². The molecule has 8 heteroatoms. The van der Waals surface area contributed by atoms with Gasteiger partial charge in [-0.1, -0.05) is 36.4 Å². The van der Waals surface area contributed by atoms with E-state index in [1.165, 1.54) is 6.07 Å². The maximum atomic E-state index is 12.4. The summed E-state index contributed by atoms with van der Waals surface area (Å²) in [4.78, 5) is 23.2. The molecule has 1 N–H and O–H groups in total. The Bertz CT molecular complexity index is 1120. The minimum Gasteiger partial charge on any atom is -0.542 e. The first kappa shape index (κ1) is 19.3. The minimum atomic E-state index is -1.37. The largest absolute Gasteiger partial charge is 0.542 e. The second-order valence-corrected chi connectivity index (χ2v) is 6.57. The molecule has 8 nitrogen and oxygen atoms in total. The molecule has 0 unspecified atom stereocenters. The predicted octanol–water partition coefficient (Wildman–Crippen LogP) is 1.99. The third-order valence-corrected chi connectivity index (χ3v) is 4.53. The van der Waals surface area contributed by atoms with Gasteiger partial charge in [-0.15, -0.1) is 0 Å². The fraction of sp³-hybridized carbons (Fsp3) is 0.136. The number of carbonyl (C=O) groups excluding carboxylic acids is 2. The lowest BCUT2D eigenvalue weighted by Crippen LogP contribution is -2.42. The lowest BCUT2D eigenvalue weighted by Gasteiger charge is -2.24. The molecule has 0 aliphatic carbocycles. The third-order valence-electron chi connectivity index (χ3n) is 4.53. The van der Waals surface area contributed by atoms with Crippen LogP contribution < -0.4 is 20.0 Å². The van der Waals surface area contributed by atoms with E-state index in [2.05, 4.69) is 10.5 Å². The summed E-state index contributed by atoms with van der Waals surface area (Å²) in [5.41, 5.74) is 4.56. The molecule has 0 saturated carbocycles. The summed E-state index contributed by atoms with van der Waals surface area (Å²) in [6.45, 7) is 1.85. The van der Waals surface area contributed by atoms with Gasteiger partial charge < -0.3 is 23.8 Å². The van der Waals surface area contributed by atoms with Gasteiger partial charge in [-0.25, -0.2) is 5.43 Å². The zero-order valence-corrected chi connectivity index (χ0v) is 16.0. The Labute approximate surface area is 171 Å². The lowest BCUT2D eigenvalue weighted by atomic mass is 10.1. The highest BCUT2D eigenvalue weighted by molar-refractivity contribution is 5.99. The van der Waals surface area contributed by atoms with Gasteiger partial charge in [0.2, 0.25) is 6.10 Å². The first-order valence-electron chi connectivity index (χ1n) is 9.16. The molecule has 0 fully saturated rings. The fourth-order valence-corrected chi connectivity index (χ4v) is 2.90. The van der Waals surface area contributed by atoms with Crippen molar-refractivity contribution in [3.05, 3.63) is 72.0 Å². The van der Waals surface area contributed by atoms with E-state index in [0.717, 1.165) is 5.56 Å². The van der Waals surface area contributed by atoms with Gasteiger partial charge in [0.1, 0.15) is 24.1 Å². The Hall–Kier alpha value is -4.07. The van der Waals surface area contributed by atoms with Crippen LogP contribution in [-0.4, -0.2) is 30.3 Å². The molecule has 1 atom stereocenters. The Balaban J connectivity index is 1.39. The number of aromatic carboxylic acids is 1. The molecule has 0 spiro atoms. The van der Waals surface area contributed by atoms with E-state index >= 15 is 0 Å². The number of furan rings is 1. The molecule has 4 rings (SSSR count). The smallest absolute Gasteiger partial charge is 0.284 e. The highest BCUT2D eigenvalue weighted by atomic mass is 16.6. The summed E-state index contributed by atoms with van der Waals surface area (Å²) in [5, 5.41) is 14.9. The quantitative estimate of drug-likeness (QED) is 0.513. The highest BCUT2D eigenvalue weighted by Gasteiger charge is 2.27. The molecule has 1 aliphatic rings. The van der Waals surface area contributed by atoms with Gasteiger partial charge in [0, 0.05) is 5.56 Å². The minimum absolute atomic E-state index is 0.100. The van der Waals surface area contributed by atoms with Crippen LogP contribution in [0.15, 0.2) is 70.2 Å². The van der Waals surface area contributed by atoms with E-state index in [-0.39, 0.29) is 12.4 Å². The zero-order chi connectivity index (χ0) is 21.1. The Morgan fingerprint density at radius 2 is 1.77 bits per heavy atom. The van der Waals surface area contributed by atoms with Gasteiger partial charge in [0.25, 0.3) is 5.91 Å². The molecule has 1 amide bonds. The first-order valence-corrected chi connectivity index (χ1v) is 9.16. The van der Waals surface area contributed by atoms with Crippen molar-refractivity contribution in [2.45, 2.75) is 13.0 Å². The summed E-state index contributed by atoms with van der Waals surface area (Å²) >= 11 is 0. The van der Waals surface area contributed by atoms with Crippen LogP contribution in [0.25, 0.3) is 11.3 Å². The van der Waals surface area contributed by atoms with Crippen LogP contribution in [0.4, 0.5) is 0 Å². The van der Waals surface area contributed by atoms with Gasteiger partial charge >= 0.3 is 0 Å². The van der Waals surface area contributed by atoms with Crippen LogP contribution >= 0.6 is 0 Å². The monoisotopic (exact) mass is 405 g/mol. The molecule has 1 aliphatic heterocycles. The number of rotatable bonds is 5. The normalized spacial score (nSPS) is 15.5. The second kappa shape index (κ2) is 8.12. The number of nitrogens with zero attached hydrogens (tertiary/aromatic N) is 1. The highest BCUT2D eigenvalue weighted by Crippen LogP contribution is 2.30. The molecule has 3 aromatic rings. The van der Waals surface area contributed by atoms with Crippen molar-refractivity contribution >= 4 is 17.6 Å². The molecule has 152 valence electrons. The van der Waals surface area contributed by atoms with Crippen LogP contribution in [0.2, 0.25) is 0 Å². The SMILES string of the molecule is C/C(=N/NC(=O)[C@@H]1COc2ccccc2O1)c1ccc(-c2ccc(C(=O)[O-])o2)cc1. The van der Waals surface area contributed by atoms with E-state index in [9.17, 15) is 14.7 Å². The fourth-order valence-electron chi connectivity index (χ4n) is 2.90. The van der Waals surface area contributed by atoms with Crippen LogP contribution in [0.5, 0.6) is 11.5 Å². The Morgan fingerprint density at radius 3 is 2.47 bits per heavy atom. The van der Waals surface area contributed by atoms with Gasteiger partial charge in [-0.05, 0) is 36.8 Å². The number of nitrogens with one attached hydrogen (secondary N) is 1. The van der Waals surface area contributed by atoms with Crippen LogP contribution in [0.3, 0.4) is 0 Å². The molecule has 0 saturated heterocycles. The zero-order valence-electron chi connectivity index (χ0n) is 16.0. The topological polar surface area (TPSA) is 113 Å². The number of amides is 1. The van der Waals surface area contributed by atoms with Crippen molar-refractivity contribution in [1.29, 1.82) is 0 Å². The maximum absolute atomic E-state index is 12.4. The summed E-state index contributed by atoms with van der Waals surface area (Å²) in [5.74, 6) is -0.479. The van der Waals surface area contributed by atoms with Crippen molar-refractivity contribution in [2.24, 2.45) is 5.10 Å². The van der Waals surface area contributed by atoms with E-state index < -0.39 is 18.0 Å². The molecular formula is C22H17N2O6-. The molecular weight excluding hydrogens is 388 g/mol. The van der Waals surface area contributed by atoms with Crippen LogP contribution in [0.1, 0.15) is 23.0 Å². The number of benzene rings is 2. The van der Waals surface area contributed by atoms with Crippen LogP contribution in [0, 0.1) is 0 Å². The molecule has 2 aromatic carbocycles. The average molecular weight is 405 g/mol. The first-order chi connectivity index (χ1) is 14.5. The Kier molecular flexibility index (Phi) is 5.21. The third kappa shape index (κ3) is 4.02. The molecule has 1 aromatic heterocycles. The number of para-hydroxylation sites is 2. The van der Waals surface area contributed by atoms with Crippen LogP contribution in [-0.2, 0) is 4.79 Å². The van der Waals surface area contributed by atoms with Crippen molar-refractivity contribution in [2.75, 3.05) is 6.61 Å². The van der Waals surface area contributed by atoms with E-state index in [4.69, 9.17) is 13.9 Å². The molecule has 0 bridgehead atoms. The van der Waals surface area contributed by atoms with Gasteiger partial charge in [0.15, 0.2) is 11.5 Å². The number of hydrazone groups is 1. The predicted molar refractivity (Wildman–Crippen MR) is 105 cm³/mol. The summed E-state index contributed by atoms with van der Waals surface area (Å²) in [7, 11) is 0. The summed E-state index contributed by atoms with van der Waals surface area (Å²) < 4.78 is 16.4. The van der Waals surface area contributed by atoms with Gasteiger partial charge in [0.05, 0.1) is 5.71 Å². The number of fused-ring (bicyclic) bond motifs is 1. The average Bonchev–Trinajstić information content (AvgIpc) is 3.28. The van der Waals surface area contributed by atoms with Gasteiger partial charge in [-0.2, -0.15) is 5.10 Å². The molecule has 2 heterocycles. The summed E-state index contributed by atoms with van der Waals surface area (Å²) in [6, 6.07) is 17.2. The maximum Gasteiger partial charge on any atom is 0.284 e. The number of carboxylic acid groups (broad SMARTS) is 1. The van der Waals surface area contributed by atoms with Crippen molar-refractivity contribution in [1.82, 2.24) is 5.43 Å². The van der Waals surface area contributed by atoms with Gasteiger partial charge in [-0.3, -0.25) is 4.79 Å². The standard InChI is InChI=1S/C22H18N2O6/c1-13(14-6-8-15(9-7-14)16-10-11-19(29-16)22(26)27)23-24-21(25)20-12-28-17-4-2-3-5-18(17)30-20/h2-11,20H,12H2,1H3,(H,24,25)(H,26,27)/p-1/b23-13-/t20-/m0/s1. The Morgan fingerprint density at radius 1 is 1.03 bits per heavy atom. The number of hydrogen-bond donors (Lipinski definition) is 1. The van der Waals surface area contributed by atoms with E-state index in [1.807, 2.05) is 6.07 Å². The number of carbonyl (C=O) groups is 2. The summed E-state index contributed by atoms with van der Waals surface area (Å²) in [6.07, 6.45) is -0.796. The number of carboxylic acids is 1. The van der Waals surface area contributed by atoms with Crippen molar-refractivity contribution < 1.29 is 28.6 Å². The number of hydrogen-bond acceptors (Lipinski definition) is 7. The second-order valence-electron chi connectivity index (χ2n) is 6.57. The van der Waals surface area contributed by atoms with E-state index in [1.54, 1.807) is 55.5 Å².